The number of nitrogens with one attached hydrogen (secondary N) is 1. The SMILES string of the molecule is O=C1[C@@H](NS(=O)(=O)c2ccc3cc(Cl)ccc3c2)CCCN1CC(=O)N1CCSC1c1cccc([N+](=O)[O-])c1. The van der Waals surface area contributed by atoms with Crippen LogP contribution in [-0.4, -0.2) is 66.4 Å². The van der Waals surface area contributed by atoms with Gasteiger partial charge in [0.2, 0.25) is 21.8 Å². The topological polar surface area (TPSA) is 130 Å². The molecular weight excluding hydrogens is 564 g/mol. The van der Waals surface area contributed by atoms with E-state index in [0.717, 1.165) is 5.39 Å². The molecule has 2 aliphatic rings. The van der Waals surface area contributed by atoms with Crippen LogP contribution in [0.25, 0.3) is 10.8 Å². The number of nitro benzene ring substituents is 1. The van der Waals surface area contributed by atoms with Crippen molar-refractivity contribution in [1.29, 1.82) is 0 Å². The number of sulfonamides is 1. The van der Waals surface area contributed by atoms with Gasteiger partial charge in [0.05, 0.1) is 16.4 Å². The van der Waals surface area contributed by atoms with E-state index in [0.29, 0.717) is 47.7 Å². The van der Waals surface area contributed by atoms with Gasteiger partial charge in [0.15, 0.2) is 0 Å². The largest absolute Gasteiger partial charge is 0.332 e. The second kappa shape index (κ2) is 11.1. The Labute approximate surface area is 234 Å². The van der Waals surface area contributed by atoms with Crippen LogP contribution in [0.15, 0.2) is 65.6 Å². The number of rotatable bonds is 7. The molecule has 0 saturated carbocycles. The first-order valence-electron chi connectivity index (χ1n) is 12.3. The van der Waals surface area contributed by atoms with Crippen LogP contribution in [0, 0.1) is 10.1 Å². The Morgan fingerprint density at radius 1 is 1.10 bits per heavy atom. The van der Waals surface area contributed by atoms with E-state index < -0.39 is 32.3 Å². The number of non-ortho nitro benzene ring substituents is 1. The summed E-state index contributed by atoms with van der Waals surface area (Å²) in [5, 5.41) is 12.8. The minimum Gasteiger partial charge on any atom is -0.332 e. The summed E-state index contributed by atoms with van der Waals surface area (Å²) in [6.07, 6.45) is 0.854. The van der Waals surface area contributed by atoms with Gasteiger partial charge in [0.25, 0.3) is 5.69 Å². The Hall–Kier alpha value is -3.19. The Morgan fingerprint density at radius 2 is 1.87 bits per heavy atom. The number of nitrogens with zero attached hydrogens (tertiary/aromatic N) is 3. The molecule has 1 N–H and O–H groups in total. The van der Waals surface area contributed by atoms with E-state index in [2.05, 4.69) is 4.72 Å². The summed E-state index contributed by atoms with van der Waals surface area (Å²) >= 11 is 7.52. The fourth-order valence-electron chi connectivity index (χ4n) is 4.87. The third-order valence-corrected chi connectivity index (χ3v) is 9.78. The van der Waals surface area contributed by atoms with E-state index in [-0.39, 0.29) is 23.0 Å². The lowest BCUT2D eigenvalue weighted by atomic mass is 10.1. The zero-order valence-corrected chi connectivity index (χ0v) is 23.0. The van der Waals surface area contributed by atoms with Crippen molar-refractivity contribution in [3.8, 4) is 0 Å². The number of amides is 2. The predicted molar refractivity (Wildman–Crippen MR) is 149 cm³/mol. The maximum Gasteiger partial charge on any atom is 0.269 e. The summed E-state index contributed by atoms with van der Waals surface area (Å²) in [5.41, 5.74) is 0.595. The van der Waals surface area contributed by atoms with Crippen molar-refractivity contribution in [1.82, 2.24) is 14.5 Å². The van der Waals surface area contributed by atoms with E-state index in [9.17, 15) is 28.1 Å². The summed E-state index contributed by atoms with van der Waals surface area (Å²) < 4.78 is 28.8. The maximum absolute atomic E-state index is 13.3. The molecule has 10 nitrogen and oxygen atoms in total. The predicted octanol–water partition coefficient (Wildman–Crippen LogP) is 3.94. The highest BCUT2D eigenvalue weighted by Gasteiger charge is 2.37. The average Bonchev–Trinajstić information content (AvgIpc) is 3.41. The molecule has 3 aromatic rings. The van der Waals surface area contributed by atoms with Gasteiger partial charge in [-0.2, -0.15) is 4.72 Å². The van der Waals surface area contributed by atoms with Crippen molar-refractivity contribution in [3.63, 3.8) is 0 Å². The zero-order valence-electron chi connectivity index (χ0n) is 20.7. The molecular formula is C26H25ClN4O6S2. The lowest BCUT2D eigenvalue weighted by molar-refractivity contribution is -0.384. The second-order valence-corrected chi connectivity index (χ2v) is 12.7. The highest BCUT2D eigenvalue weighted by Crippen LogP contribution is 2.39. The molecule has 0 aromatic heterocycles. The van der Waals surface area contributed by atoms with E-state index in [1.54, 1.807) is 41.3 Å². The number of nitro groups is 1. The number of benzene rings is 3. The number of carbonyl (C=O) groups is 2. The number of hydrogen-bond donors (Lipinski definition) is 1. The van der Waals surface area contributed by atoms with E-state index in [1.807, 2.05) is 0 Å². The monoisotopic (exact) mass is 588 g/mol. The molecule has 0 spiro atoms. The molecule has 2 heterocycles. The smallest absolute Gasteiger partial charge is 0.269 e. The number of fused-ring (bicyclic) bond motifs is 1. The van der Waals surface area contributed by atoms with Gasteiger partial charge in [-0.25, -0.2) is 8.42 Å². The number of piperidine rings is 1. The quantitative estimate of drug-likeness (QED) is 0.327. The first-order valence-corrected chi connectivity index (χ1v) is 15.2. The average molecular weight is 589 g/mol. The Morgan fingerprint density at radius 3 is 2.67 bits per heavy atom. The van der Waals surface area contributed by atoms with E-state index in [1.165, 1.54) is 40.9 Å². The summed E-state index contributed by atoms with van der Waals surface area (Å²) in [5.74, 6) is -0.0842. The van der Waals surface area contributed by atoms with Crippen LogP contribution >= 0.6 is 23.4 Å². The van der Waals surface area contributed by atoms with Crippen LogP contribution in [0.2, 0.25) is 5.02 Å². The molecule has 5 rings (SSSR count). The van der Waals surface area contributed by atoms with Gasteiger partial charge in [-0.05, 0) is 53.4 Å². The Balaban J connectivity index is 1.27. The third-order valence-electron chi connectivity index (χ3n) is 6.82. The normalized spacial score (nSPS) is 20.0. The third kappa shape index (κ3) is 5.88. The summed E-state index contributed by atoms with van der Waals surface area (Å²) in [7, 11) is -4.00. The molecule has 2 amide bonds. The zero-order chi connectivity index (χ0) is 27.7. The summed E-state index contributed by atoms with van der Waals surface area (Å²) in [6.45, 7) is 0.587. The van der Waals surface area contributed by atoms with Crippen molar-refractivity contribution in [2.45, 2.75) is 29.2 Å². The second-order valence-electron chi connectivity index (χ2n) is 9.39. The van der Waals surface area contributed by atoms with Crippen LogP contribution in [0.5, 0.6) is 0 Å². The fourth-order valence-corrected chi connectivity index (χ4v) is 7.58. The number of likely N-dealkylation sites (tertiary alicyclic amines) is 1. The number of halogens is 1. The highest BCUT2D eigenvalue weighted by atomic mass is 35.5. The van der Waals surface area contributed by atoms with Crippen LogP contribution in [0.3, 0.4) is 0 Å². The molecule has 2 saturated heterocycles. The summed E-state index contributed by atoms with van der Waals surface area (Å²) in [4.78, 5) is 40.3. The number of carbonyl (C=O) groups excluding carboxylic acids is 2. The minimum absolute atomic E-state index is 0.0345. The van der Waals surface area contributed by atoms with Gasteiger partial charge < -0.3 is 9.80 Å². The van der Waals surface area contributed by atoms with Crippen molar-refractivity contribution in [2.24, 2.45) is 0 Å². The van der Waals surface area contributed by atoms with Gasteiger partial charge in [0, 0.05) is 36.0 Å². The standard InChI is InChI=1S/C26H25ClN4O6S2/c27-20-8-6-18-15-22(9-7-17(18)13-20)39(36,37)28-23-5-2-10-29(25(23)33)16-24(32)30-11-12-38-26(30)19-3-1-4-21(14-19)31(34)35/h1,3-4,6-9,13-15,23,26,28H,2,5,10-12,16H2/t23-,26?/m0/s1. The van der Waals surface area contributed by atoms with Crippen molar-refractivity contribution < 1.29 is 22.9 Å². The molecule has 0 bridgehead atoms. The Kier molecular flexibility index (Phi) is 7.81. The molecule has 1 unspecified atom stereocenters. The molecule has 2 atom stereocenters. The van der Waals surface area contributed by atoms with Crippen LogP contribution in [0.1, 0.15) is 23.8 Å². The van der Waals surface area contributed by atoms with Crippen LogP contribution in [-0.2, 0) is 19.6 Å². The lowest BCUT2D eigenvalue weighted by Crippen LogP contribution is -2.54. The van der Waals surface area contributed by atoms with E-state index >= 15 is 0 Å². The molecule has 3 aromatic carbocycles. The van der Waals surface area contributed by atoms with Gasteiger partial charge in [0.1, 0.15) is 11.4 Å². The molecule has 0 aliphatic carbocycles. The van der Waals surface area contributed by atoms with Crippen LogP contribution < -0.4 is 4.72 Å². The van der Waals surface area contributed by atoms with Gasteiger partial charge >= 0.3 is 0 Å². The fraction of sp³-hybridized carbons (Fsp3) is 0.308. The highest BCUT2D eigenvalue weighted by molar-refractivity contribution is 7.99. The lowest BCUT2D eigenvalue weighted by Gasteiger charge is -2.34. The van der Waals surface area contributed by atoms with Gasteiger partial charge in [-0.1, -0.05) is 35.9 Å². The maximum atomic E-state index is 13.3. The van der Waals surface area contributed by atoms with Crippen molar-refractivity contribution in [3.05, 3.63) is 81.4 Å². The molecule has 39 heavy (non-hydrogen) atoms. The molecule has 2 aliphatic heterocycles. The van der Waals surface area contributed by atoms with Crippen LogP contribution in [0.4, 0.5) is 5.69 Å². The first-order chi connectivity index (χ1) is 18.6. The van der Waals surface area contributed by atoms with Gasteiger partial charge in [-0.3, -0.25) is 19.7 Å². The molecule has 0 radical (unpaired) electrons. The summed E-state index contributed by atoms with van der Waals surface area (Å²) in [6, 6.07) is 15.0. The molecule has 204 valence electrons. The molecule has 13 heteroatoms. The number of thioether (sulfide) groups is 1. The first kappa shape index (κ1) is 27.4. The number of hydrogen-bond acceptors (Lipinski definition) is 7. The van der Waals surface area contributed by atoms with Crippen molar-refractivity contribution >= 4 is 61.7 Å². The Bertz CT molecular complexity index is 1570. The molecule has 2 fully saturated rings. The van der Waals surface area contributed by atoms with Gasteiger partial charge in [-0.15, -0.1) is 11.8 Å². The minimum atomic E-state index is -4.00. The van der Waals surface area contributed by atoms with E-state index in [4.69, 9.17) is 11.6 Å². The van der Waals surface area contributed by atoms with Crippen molar-refractivity contribution in [2.75, 3.05) is 25.4 Å².